The smallest absolute Gasteiger partial charge is 0.245 e. The summed E-state index contributed by atoms with van der Waals surface area (Å²) in [5, 5.41) is 18.3. The molecule has 0 bridgehead atoms. The highest BCUT2D eigenvalue weighted by atomic mass is 16.3. The lowest BCUT2D eigenvalue weighted by Crippen LogP contribution is -2.51. The first-order valence-corrected chi connectivity index (χ1v) is 9.74. The number of benzene rings is 1. The first-order valence-electron chi connectivity index (χ1n) is 9.74. The summed E-state index contributed by atoms with van der Waals surface area (Å²) in [7, 11) is 0. The van der Waals surface area contributed by atoms with E-state index in [2.05, 4.69) is 41.3 Å². The Balaban J connectivity index is 1.80. The Morgan fingerprint density at radius 1 is 1.11 bits per heavy atom. The molecule has 1 aromatic carbocycles. The molecule has 27 heavy (non-hydrogen) atoms. The van der Waals surface area contributed by atoms with Crippen LogP contribution in [0.25, 0.3) is 5.57 Å². The van der Waals surface area contributed by atoms with E-state index in [1.165, 1.54) is 0 Å². The molecule has 0 spiro atoms. The first kappa shape index (κ1) is 17.9. The van der Waals surface area contributed by atoms with Gasteiger partial charge in [0.05, 0.1) is 17.1 Å². The molecule has 0 atom stereocenters. The molecule has 1 fully saturated rings. The van der Waals surface area contributed by atoms with Crippen molar-refractivity contribution in [2.24, 2.45) is 5.92 Å². The number of piperazine rings is 1. The van der Waals surface area contributed by atoms with Gasteiger partial charge in [0.15, 0.2) is 0 Å². The summed E-state index contributed by atoms with van der Waals surface area (Å²) in [4.78, 5) is 9.66. The normalized spacial score (nSPS) is 17.9. The molecule has 2 aromatic rings. The molecule has 1 aliphatic heterocycles. The van der Waals surface area contributed by atoms with Crippen molar-refractivity contribution in [2.75, 3.05) is 31.2 Å². The fraction of sp³-hybridized carbons (Fsp3) is 0.429. The van der Waals surface area contributed by atoms with Crippen molar-refractivity contribution in [1.29, 1.82) is 0 Å². The van der Waals surface area contributed by atoms with E-state index in [1.54, 1.807) is 0 Å². The maximum absolute atomic E-state index is 10.5. The third-order valence-electron chi connectivity index (χ3n) is 5.19. The van der Waals surface area contributed by atoms with Gasteiger partial charge in [-0.1, -0.05) is 32.0 Å². The number of rotatable bonds is 4. The van der Waals surface area contributed by atoms with Crippen molar-refractivity contribution in [2.45, 2.75) is 26.7 Å². The number of hydrogen-bond donors (Lipinski definition) is 2. The quantitative estimate of drug-likeness (QED) is 0.867. The van der Waals surface area contributed by atoms with Gasteiger partial charge >= 0.3 is 0 Å². The van der Waals surface area contributed by atoms with Gasteiger partial charge in [-0.15, -0.1) is 0 Å². The van der Waals surface area contributed by atoms with Crippen molar-refractivity contribution < 1.29 is 5.11 Å². The van der Waals surface area contributed by atoms with E-state index >= 15 is 0 Å². The second kappa shape index (κ2) is 7.66. The highest BCUT2D eigenvalue weighted by Gasteiger charge is 2.27. The lowest BCUT2D eigenvalue weighted by molar-refractivity contribution is 0.240. The number of anilines is 2. The van der Waals surface area contributed by atoms with Gasteiger partial charge < -0.3 is 10.4 Å². The molecule has 142 valence electrons. The Kier molecular flexibility index (Phi) is 5.09. The fourth-order valence-electron chi connectivity index (χ4n) is 3.87. The monoisotopic (exact) mass is 365 g/mol. The van der Waals surface area contributed by atoms with Crippen molar-refractivity contribution >= 4 is 17.2 Å². The number of aliphatic hydroxyl groups is 1. The minimum Gasteiger partial charge on any atom is -0.512 e. The Labute approximate surface area is 160 Å². The van der Waals surface area contributed by atoms with Gasteiger partial charge in [-0.25, -0.2) is 20.0 Å². The summed E-state index contributed by atoms with van der Waals surface area (Å²) in [6.07, 6.45) is 3.39. The number of nitrogens with one attached hydrogen (secondary N) is 1. The van der Waals surface area contributed by atoms with Crippen LogP contribution in [0.1, 0.15) is 31.5 Å². The molecule has 0 radical (unpaired) electrons. The molecule has 1 aromatic heterocycles. The molecule has 2 N–H and O–H groups in total. The Morgan fingerprint density at radius 3 is 2.56 bits per heavy atom. The van der Waals surface area contributed by atoms with Crippen LogP contribution in [-0.2, 0) is 6.42 Å². The number of aromatic nitrogens is 2. The van der Waals surface area contributed by atoms with Gasteiger partial charge in [0.2, 0.25) is 5.95 Å². The van der Waals surface area contributed by atoms with Gasteiger partial charge in [-0.05, 0) is 30.0 Å². The largest absolute Gasteiger partial charge is 0.512 e. The van der Waals surface area contributed by atoms with Crippen molar-refractivity contribution in [3.8, 4) is 0 Å². The summed E-state index contributed by atoms with van der Waals surface area (Å²) >= 11 is 0. The second-order valence-electron chi connectivity index (χ2n) is 7.41. The standard InChI is InChI=1S/C21H27N5O/c1-15(2)19-18(27)9-8-16-14-23-21(24-20(16)19)26(17-6-4-3-5-7-17)25-12-10-22-11-13-25/h3-7,14-15,22,27H,8-13H2,1-2H3. The molecule has 0 amide bonds. The van der Waals surface area contributed by atoms with Crippen LogP contribution in [-0.4, -0.2) is 46.3 Å². The van der Waals surface area contributed by atoms with E-state index in [9.17, 15) is 5.11 Å². The second-order valence-corrected chi connectivity index (χ2v) is 7.41. The van der Waals surface area contributed by atoms with Crippen LogP contribution < -0.4 is 10.3 Å². The number of allylic oxidation sites excluding steroid dienone is 2. The topological polar surface area (TPSA) is 64.5 Å². The molecular weight excluding hydrogens is 338 g/mol. The minimum absolute atomic E-state index is 0.219. The summed E-state index contributed by atoms with van der Waals surface area (Å²) in [6.45, 7) is 7.88. The van der Waals surface area contributed by atoms with Crippen molar-refractivity contribution in [3.05, 3.63) is 53.5 Å². The molecule has 4 rings (SSSR count). The number of hydrazine groups is 1. The highest BCUT2D eigenvalue weighted by Crippen LogP contribution is 2.35. The lowest BCUT2D eigenvalue weighted by atomic mass is 9.88. The molecular formula is C21H27N5O. The molecule has 1 saturated heterocycles. The van der Waals surface area contributed by atoms with Crippen LogP contribution in [0, 0.1) is 5.92 Å². The van der Waals surface area contributed by atoms with Gasteiger partial charge in [0, 0.05) is 44.4 Å². The van der Waals surface area contributed by atoms with E-state index in [0.29, 0.717) is 18.1 Å². The molecule has 6 heteroatoms. The third kappa shape index (κ3) is 3.55. The Hall–Kier alpha value is -2.44. The number of fused-ring (bicyclic) bond motifs is 1. The number of nitrogens with zero attached hydrogens (tertiary/aromatic N) is 4. The van der Waals surface area contributed by atoms with Crippen molar-refractivity contribution in [3.63, 3.8) is 0 Å². The summed E-state index contributed by atoms with van der Waals surface area (Å²) in [5.74, 6) is 1.35. The average Bonchev–Trinajstić information content (AvgIpc) is 2.69. The van der Waals surface area contributed by atoms with Gasteiger partial charge in [-0.2, -0.15) is 0 Å². The predicted molar refractivity (Wildman–Crippen MR) is 108 cm³/mol. The summed E-state index contributed by atoms with van der Waals surface area (Å²) < 4.78 is 0. The van der Waals surface area contributed by atoms with Crippen LogP contribution in [0.3, 0.4) is 0 Å². The van der Waals surface area contributed by atoms with Crippen LogP contribution in [0.15, 0.2) is 42.3 Å². The van der Waals surface area contributed by atoms with E-state index in [1.807, 2.05) is 24.4 Å². The van der Waals surface area contributed by atoms with Gasteiger partial charge in [0.1, 0.15) is 0 Å². The fourth-order valence-corrected chi connectivity index (χ4v) is 3.87. The Bertz CT molecular complexity index is 828. The Morgan fingerprint density at radius 2 is 1.85 bits per heavy atom. The SMILES string of the molecule is CC(C)C1=C(O)CCc2cnc(N(c3ccccc3)N3CCNCC3)nc21. The highest BCUT2D eigenvalue weighted by molar-refractivity contribution is 5.71. The first-order chi connectivity index (χ1) is 13.1. The van der Waals surface area contributed by atoms with E-state index in [-0.39, 0.29) is 5.92 Å². The van der Waals surface area contributed by atoms with Gasteiger partial charge in [-0.3, -0.25) is 0 Å². The third-order valence-corrected chi connectivity index (χ3v) is 5.19. The number of aryl methyl sites for hydroxylation is 1. The van der Waals surface area contributed by atoms with E-state index in [0.717, 1.165) is 55.1 Å². The van der Waals surface area contributed by atoms with Crippen LogP contribution in [0.2, 0.25) is 0 Å². The van der Waals surface area contributed by atoms with Crippen molar-refractivity contribution in [1.82, 2.24) is 20.3 Å². The maximum Gasteiger partial charge on any atom is 0.245 e. The van der Waals surface area contributed by atoms with Crippen LogP contribution in [0.4, 0.5) is 11.6 Å². The van der Waals surface area contributed by atoms with E-state index in [4.69, 9.17) is 9.97 Å². The molecule has 6 nitrogen and oxygen atoms in total. The molecule has 2 heterocycles. The molecule has 1 aliphatic carbocycles. The zero-order valence-electron chi connectivity index (χ0n) is 16.0. The zero-order chi connectivity index (χ0) is 18.8. The van der Waals surface area contributed by atoms with Crippen LogP contribution in [0.5, 0.6) is 0 Å². The average molecular weight is 365 g/mol. The summed E-state index contributed by atoms with van der Waals surface area (Å²) in [6, 6.07) is 10.3. The molecule has 0 unspecified atom stereocenters. The summed E-state index contributed by atoms with van der Waals surface area (Å²) in [5.41, 5.74) is 4.02. The number of hydrogen-bond acceptors (Lipinski definition) is 6. The minimum atomic E-state index is 0.219. The van der Waals surface area contributed by atoms with E-state index < -0.39 is 0 Å². The lowest BCUT2D eigenvalue weighted by Gasteiger charge is -2.38. The number of para-hydroxylation sites is 1. The van der Waals surface area contributed by atoms with Crippen LogP contribution >= 0.6 is 0 Å². The van der Waals surface area contributed by atoms with Gasteiger partial charge in [0.25, 0.3) is 0 Å². The zero-order valence-corrected chi connectivity index (χ0v) is 16.0. The predicted octanol–water partition coefficient (Wildman–Crippen LogP) is 3.31. The molecule has 2 aliphatic rings. The molecule has 0 saturated carbocycles. The maximum atomic E-state index is 10.5. The number of aliphatic hydroxyl groups excluding tert-OH is 1.